The molecule has 0 radical (unpaired) electrons. The van der Waals surface area contributed by atoms with Crippen molar-refractivity contribution in [3.63, 3.8) is 0 Å². The summed E-state index contributed by atoms with van der Waals surface area (Å²) >= 11 is 0. The van der Waals surface area contributed by atoms with Gasteiger partial charge < -0.3 is 4.90 Å². The molecule has 0 N–H and O–H groups in total. The Balaban J connectivity index is 1.07. The smallest absolute Gasteiger partial charge is 0.233 e. The van der Waals surface area contributed by atoms with Crippen molar-refractivity contribution in [2.24, 2.45) is 35.5 Å². The number of hydrogen-bond acceptors (Lipinski definition) is 6. The quantitative estimate of drug-likeness (QED) is 0.659. The molecule has 3 saturated carbocycles. The average Bonchev–Trinajstić information content (AvgIpc) is 3.52. The van der Waals surface area contributed by atoms with Crippen LogP contribution in [0.2, 0.25) is 0 Å². The first-order valence-electron chi connectivity index (χ1n) is 12.8. The van der Waals surface area contributed by atoms with Crippen molar-refractivity contribution >= 4 is 17.8 Å². The van der Waals surface area contributed by atoms with Gasteiger partial charge in [-0.1, -0.05) is 12.8 Å². The summed E-state index contributed by atoms with van der Waals surface area (Å²) in [7, 11) is 0. The molecule has 0 aromatic carbocycles. The summed E-state index contributed by atoms with van der Waals surface area (Å²) in [6, 6.07) is 1.86. The number of fused-ring (bicyclic) bond motifs is 5. The number of amides is 2. The maximum Gasteiger partial charge on any atom is 0.233 e. The van der Waals surface area contributed by atoms with Gasteiger partial charge in [0.05, 0.1) is 11.8 Å². The van der Waals surface area contributed by atoms with Crippen molar-refractivity contribution < 1.29 is 9.59 Å². The lowest BCUT2D eigenvalue weighted by Crippen LogP contribution is -2.50. The van der Waals surface area contributed by atoms with Gasteiger partial charge in [0.2, 0.25) is 17.8 Å². The number of piperazine rings is 1. The van der Waals surface area contributed by atoms with Crippen LogP contribution < -0.4 is 4.90 Å². The van der Waals surface area contributed by atoms with Crippen molar-refractivity contribution in [1.29, 1.82) is 0 Å². The molecule has 7 nitrogen and oxygen atoms in total. The first kappa shape index (κ1) is 20.6. The first-order chi connectivity index (χ1) is 15.7. The number of aromatic nitrogens is 2. The van der Waals surface area contributed by atoms with E-state index in [9.17, 15) is 9.59 Å². The second-order valence-electron chi connectivity index (χ2n) is 10.8. The fraction of sp³-hybridized carbons (Fsp3) is 0.760. The molecule has 7 heteroatoms. The van der Waals surface area contributed by atoms with Crippen LogP contribution in [0.15, 0.2) is 18.5 Å². The molecule has 172 valence electrons. The van der Waals surface area contributed by atoms with E-state index in [0.717, 1.165) is 64.4 Å². The molecule has 6 rings (SSSR count). The van der Waals surface area contributed by atoms with E-state index in [1.165, 1.54) is 19.3 Å². The average molecular weight is 438 g/mol. The maximum atomic E-state index is 13.2. The predicted molar refractivity (Wildman–Crippen MR) is 121 cm³/mol. The molecule has 2 aliphatic heterocycles. The summed E-state index contributed by atoms with van der Waals surface area (Å²) in [5.41, 5.74) is 0. The van der Waals surface area contributed by atoms with Gasteiger partial charge in [0.25, 0.3) is 0 Å². The minimum absolute atomic E-state index is 0.0246. The van der Waals surface area contributed by atoms with Crippen LogP contribution in [0.25, 0.3) is 0 Å². The van der Waals surface area contributed by atoms with Crippen LogP contribution in [0.1, 0.15) is 44.9 Å². The van der Waals surface area contributed by atoms with E-state index in [0.29, 0.717) is 30.2 Å². The van der Waals surface area contributed by atoms with E-state index in [1.807, 2.05) is 18.5 Å². The minimum atomic E-state index is 0.0246. The molecular weight excluding hydrogens is 402 g/mol. The lowest BCUT2D eigenvalue weighted by molar-refractivity contribution is -0.142. The van der Waals surface area contributed by atoms with E-state index in [2.05, 4.69) is 19.8 Å². The third kappa shape index (κ3) is 3.53. The molecule has 6 atom stereocenters. The zero-order valence-corrected chi connectivity index (χ0v) is 18.9. The van der Waals surface area contributed by atoms with E-state index in [-0.39, 0.29) is 23.7 Å². The van der Waals surface area contributed by atoms with Gasteiger partial charge in [-0.05, 0) is 61.8 Å². The number of hydrogen-bond donors (Lipinski definition) is 0. The highest BCUT2D eigenvalue weighted by molar-refractivity contribution is 6.06. The number of nitrogens with zero attached hydrogens (tertiary/aromatic N) is 5. The lowest BCUT2D eigenvalue weighted by atomic mass is 9.78. The molecule has 32 heavy (non-hydrogen) atoms. The van der Waals surface area contributed by atoms with Gasteiger partial charge in [-0.3, -0.25) is 19.4 Å². The Morgan fingerprint density at radius 1 is 0.781 bits per heavy atom. The Hall–Kier alpha value is -2.02. The Labute approximate surface area is 190 Å². The van der Waals surface area contributed by atoms with E-state index >= 15 is 0 Å². The summed E-state index contributed by atoms with van der Waals surface area (Å²) in [6.45, 7) is 5.72. The summed E-state index contributed by atoms with van der Waals surface area (Å²) in [5, 5.41) is 0. The second kappa shape index (κ2) is 8.40. The van der Waals surface area contributed by atoms with Crippen LogP contribution in [0.4, 0.5) is 5.95 Å². The minimum Gasteiger partial charge on any atom is -0.338 e. The van der Waals surface area contributed by atoms with E-state index in [1.54, 1.807) is 4.90 Å². The molecule has 1 aromatic rings. The molecule has 2 amide bonds. The Morgan fingerprint density at radius 3 is 2.00 bits per heavy atom. The SMILES string of the molecule is O=C1C2C3CCC(C3)C2C(=O)N1CC1CCCCC1CN1CCN(c2ncccn2)CC1. The van der Waals surface area contributed by atoms with Gasteiger partial charge in [-0.25, -0.2) is 9.97 Å². The maximum absolute atomic E-state index is 13.2. The molecule has 1 aromatic heterocycles. The Bertz CT molecular complexity index is 827. The van der Waals surface area contributed by atoms with Crippen molar-refractivity contribution in [2.75, 3.05) is 44.2 Å². The van der Waals surface area contributed by atoms with Gasteiger partial charge in [0, 0.05) is 51.7 Å². The molecule has 2 saturated heterocycles. The lowest BCUT2D eigenvalue weighted by Gasteiger charge is -2.40. The monoisotopic (exact) mass is 437 g/mol. The number of anilines is 1. The highest BCUT2D eigenvalue weighted by atomic mass is 16.2. The van der Waals surface area contributed by atoms with Gasteiger partial charge in [-0.15, -0.1) is 0 Å². The summed E-state index contributed by atoms with van der Waals surface area (Å²) in [4.78, 5) is 41.8. The summed E-state index contributed by atoms with van der Waals surface area (Å²) < 4.78 is 0. The topological polar surface area (TPSA) is 69.6 Å². The highest BCUT2D eigenvalue weighted by Crippen LogP contribution is 2.56. The number of likely N-dealkylation sites (tertiary alicyclic amines) is 1. The summed E-state index contributed by atoms with van der Waals surface area (Å²) in [6.07, 6.45) is 11.9. The molecule has 5 fully saturated rings. The van der Waals surface area contributed by atoms with Crippen LogP contribution in [0, 0.1) is 35.5 Å². The van der Waals surface area contributed by atoms with Gasteiger partial charge >= 0.3 is 0 Å². The number of carbonyl (C=O) groups excluding carboxylic acids is 2. The number of imide groups is 1. The molecule has 5 aliphatic rings. The first-order valence-corrected chi connectivity index (χ1v) is 12.8. The van der Waals surface area contributed by atoms with Crippen molar-refractivity contribution in [2.45, 2.75) is 44.9 Å². The van der Waals surface area contributed by atoms with E-state index in [4.69, 9.17) is 0 Å². The molecule has 6 unspecified atom stereocenters. The predicted octanol–water partition coefficient (Wildman–Crippen LogP) is 2.44. The van der Waals surface area contributed by atoms with Crippen molar-refractivity contribution in [3.05, 3.63) is 18.5 Å². The zero-order valence-electron chi connectivity index (χ0n) is 18.9. The van der Waals surface area contributed by atoms with Crippen LogP contribution in [0.5, 0.6) is 0 Å². The molecule has 0 spiro atoms. The van der Waals surface area contributed by atoms with Gasteiger partial charge in [0.15, 0.2) is 0 Å². The van der Waals surface area contributed by atoms with E-state index < -0.39 is 0 Å². The highest BCUT2D eigenvalue weighted by Gasteiger charge is 2.61. The normalized spacial score (nSPS) is 37.4. The molecule has 3 heterocycles. The number of carbonyl (C=O) groups is 2. The molecular formula is C25H35N5O2. The Kier molecular flexibility index (Phi) is 5.40. The standard InChI is InChI=1S/C25H35N5O2/c31-23-21-17-6-7-18(14-17)22(21)24(32)30(23)16-20-5-2-1-4-19(20)15-28-10-12-29(13-11-28)25-26-8-3-9-27-25/h3,8-9,17-22H,1-2,4-7,10-16H2. The largest absolute Gasteiger partial charge is 0.338 e. The van der Waals surface area contributed by atoms with Crippen LogP contribution in [0.3, 0.4) is 0 Å². The Morgan fingerprint density at radius 2 is 1.38 bits per heavy atom. The van der Waals surface area contributed by atoms with Gasteiger partial charge in [-0.2, -0.15) is 0 Å². The van der Waals surface area contributed by atoms with Crippen LogP contribution in [-0.4, -0.2) is 70.9 Å². The summed E-state index contributed by atoms with van der Waals surface area (Å²) in [5.74, 6) is 3.24. The molecule has 3 aliphatic carbocycles. The van der Waals surface area contributed by atoms with Crippen molar-refractivity contribution in [1.82, 2.24) is 19.8 Å². The van der Waals surface area contributed by atoms with Gasteiger partial charge in [0.1, 0.15) is 0 Å². The molecule has 2 bridgehead atoms. The fourth-order valence-corrected chi connectivity index (χ4v) is 7.57. The third-order valence-electron chi connectivity index (χ3n) is 9.20. The number of rotatable bonds is 5. The van der Waals surface area contributed by atoms with Crippen LogP contribution >= 0.6 is 0 Å². The second-order valence-corrected chi connectivity index (χ2v) is 10.8. The van der Waals surface area contributed by atoms with Crippen LogP contribution in [-0.2, 0) is 9.59 Å². The fourth-order valence-electron chi connectivity index (χ4n) is 7.57. The third-order valence-corrected chi connectivity index (χ3v) is 9.20. The van der Waals surface area contributed by atoms with Crippen molar-refractivity contribution in [3.8, 4) is 0 Å². The zero-order chi connectivity index (χ0) is 21.7.